The van der Waals surface area contributed by atoms with E-state index in [1.165, 1.54) is 25.1 Å². The number of anilines is 1. The third-order valence-corrected chi connectivity index (χ3v) is 5.78. The topological polar surface area (TPSA) is 110 Å². The number of thiocarbonyl (C=S) groups is 1. The van der Waals surface area contributed by atoms with Gasteiger partial charge in [0.2, 0.25) is 5.89 Å². The van der Waals surface area contributed by atoms with Crippen LogP contribution in [0.4, 0.5) is 11.4 Å². The number of oxazole rings is 1. The number of nitrogens with zero attached hydrogens (tertiary/aromatic N) is 2. The summed E-state index contributed by atoms with van der Waals surface area (Å²) in [5, 5.41) is 17.1. The zero-order chi connectivity index (χ0) is 24.6. The average Bonchev–Trinajstić information content (AvgIpc) is 3.19. The Morgan fingerprint density at radius 1 is 1.15 bits per heavy atom. The summed E-state index contributed by atoms with van der Waals surface area (Å²) in [6, 6.07) is 13.3. The molecule has 8 nitrogen and oxygen atoms in total. The summed E-state index contributed by atoms with van der Waals surface area (Å²) in [7, 11) is 0. The lowest BCUT2D eigenvalue weighted by atomic mass is 10.1. The number of carbonyl (C=O) groups is 1. The van der Waals surface area contributed by atoms with Crippen molar-refractivity contribution in [3.63, 3.8) is 0 Å². The van der Waals surface area contributed by atoms with E-state index in [4.69, 9.17) is 28.2 Å². The first kappa shape index (κ1) is 23.3. The third kappa shape index (κ3) is 4.61. The van der Waals surface area contributed by atoms with Crippen molar-refractivity contribution in [3.8, 4) is 11.5 Å². The summed E-state index contributed by atoms with van der Waals surface area (Å²) in [5.41, 5.74) is 4.85. The Balaban J connectivity index is 1.56. The van der Waals surface area contributed by atoms with Crippen LogP contribution in [0.2, 0.25) is 5.02 Å². The molecule has 4 aromatic rings. The van der Waals surface area contributed by atoms with Crippen molar-refractivity contribution >= 4 is 57.3 Å². The molecule has 0 saturated heterocycles. The SMILES string of the molecule is Cc1cc(C)c2oc(-c3cc(NC(=S)NC(=O)c4cccc([N+](=O)[O-])c4C)ccc3Cl)nc2c1. The van der Waals surface area contributed by atoms with Crippen molar-refractivity contribution in [3.05, 3.63) is 85.9 Å². The molecule has 2 N–H and O–H groups in total. The number of aryl methyl sites for hydroxylation is 2. The molecule has 0 fully saturated rings. The number of nitro groups is 1. The molecular formula is C24H19ClN4O4S. The zero-order valence-corrected chi connectivity index (χ0v) is 20.0. The van der Waals surface area contributed by atoms with E-state index in [1.807, 2.05) is 26.0 Å². The molecule has 1 amide bonds. The van der Waals surface area contributed by atoms with Crippen LogP contribution >= 0.6 is 23.8 Å². The highest BCUT2D eigenvalue weighted by atomic mass is 35.5. The van der Waals surface area contributed by atoms with Crippen LogP contribution in [-0.2, 0) is 0 Å². The molecule has 0 unspecified atom stereocenters. The fourth-order valence-corrected chi connectivity index (χ4v) is 4.07. The molecule has 0 saturated carbocycles. The third-order valence-electron chi connectivity index (χ3n) is 5.25. The van der Waals surface area contributed by atoms with E-state index >= 15 is 0 Å². The number of aromatic nitrogens is 1. The van der Waals surface area contributed by atoms with Crippen LogP contribution in [-0.4, -0.2) is 20.9 Å². The molecular weight excluding hydrogens is 476 g/mol. The average molecular weight is 495 g/mol. The maximum Gasteiger partial charge on any atom is 0.273 e. The van der Waals surface area contributed by atoms with E-state index in [-0.39, 0.29) is 21.9 Å². The minimum atomic E-state index is -0.558. The number of amides is 1. The molecule has 1 aromatic heterocycles. The molecule has 34 heavy (non-hydrogen) atoms. The number of nitrogens with one attached hydrogen (secondary N) is 2. The maximum atomic E-state index is 12.6. The number of halogens is 1. The van der Waals surface area contributed by atoms with Gasteiger partial charge in [0.25, 0.3) is 11.6 Å². The van der Waals surface area contributed by atoms with E-state index in [1.54, 1.807) is 18.2 Å². The number of hydrogen-bond acceptors (Lipinski definition) is 6. The molecule has 0 radical (unpaired) electrons. The van der Waals surface area contributed by atoms with Gasteiger partial charge < -0.3 is 9.73 Å². The summed E-state index contributed by atoms with van der Waals surface area (Å²) in [5.74, 6) is -0.197. The van der Waals surface area contributed by atoms with Crippen LogP contribution in [0.25, 0.3) is 22.6 Å². The van der Waals surface area contributed by atoms with Crippen LogP contribution < -0.4 is 10.6 Å². The molecule has 3 aromatic carbocycles. The molecule has 10 heteroatoms. The highest BCUT2D eigenvalue weighted by Gasteiger charge is 2.19. The second-order valence-corrected chi connectivity index (χ2v) is 8.57. The van der Waals surface area contributed by atoms with E-state index in [9.17, 15) is 14.9 Å². The summed E-state index contributed by atoms with van der Waals surface area (Å²) in [6.45, 7) is 5.45. The standard InChI is InChI=1S/C24H19ClN4O4S/c1-12-9-13(2)21-19(10-12)27-23(33-21)17-11-15(7-8-18(17)25)26-24(34)28-22(30)16-5-4-6-20(14(16)3)29(31)32/h4-11H,1-3H3,(H2,26,28,30,34). The van der Waals surface area contributed by atoms with Gasteiger partial charge in [-0.15, -0.1) is 0 Å². The lowest BCUT2D eigenvalue weighted by molar-refractivity contribution is -0.385. The van der Waals surface area contributed by atoms with Gasteiger partial charge in [-0.2, -0.15) is 0 Å². The second kappa shape index (κ2) is 9.20. The van der Waals surface area contributed by atoms with Gasteiger partial charge in [0.1, 0.15) is 5.52 Å². The van der Waals surface area contributed by atoms with Crippen molar-refractivity contribution in [1.82, 2.24) is 10.3 Å². The molecule has 172 valence electrons. The number of hydrogen-bond donors (Lipinski definition) is 2. The molecule has 0 atom stereocenters. The van der Waals surface area contributed by atoms with E-state index in [0.29, 0.717) is 27.7 Å². The number of nitro benzene ring substituents is 1. The fourth-order valence-electron chi connectivity index (χ4n) is 3.66. The van der Waals surface area contributed by atoms with Gasteiger partial charge >= 0.3 is 0 Å². The van der Waals surface area contributed by atoms with Crippen molar-refractivity contribution in [2.45, 2.75) is 20.8 Å². The van der Waals surface area contributed by atoms with Crippen LogP contribution in [0.5, 0.6) is 0 Å². The predicted octanol–water partition coefficient (Wildman–Crippen LogP) is 6.11. The molecule has 0 spiro atoms. The highest BCUT2D eigenvalue weighted by Crippen LogP contribution is 2.33. The lowest BCUT2D eigenvalue weighted by Crippen LogP contribution is -2.34. The molecule has 0 aliphatic heterocycles. The van der Waals surface area contributed by atoms with Crippen molar-refractivity contribution in [2.24, 2.45) is 0 Å². The van der Waals surface area contributed by atoms with Crippen LogP contribution in [0.1, 0.15) is 27.0 Å². The van der Waals surface area contributed by atoms with Crippen molar-refractivity contribution < 1.29 is 14.1 Å². The fraction of sp³-hybridized carbons (Fsp3) is 0.125. The Labute approximate surface area is 205 Å². The van der Waals surface area contributed by atoms with Gasteiger partial charge in [0.05, 0.1) is 15.5 Å². The predicted molar refractivity (Wildman–Crippen MR) is 135 cm³/mol. The molecule has 0 bridgehead atoms. The van der Waals surface area contributed by atoms with Gasteiger partial charge in [0.15, 0.2) is 10.7 Å². The molecule has 1 heterocycles. The van der Waals surface area contributed by atoms with E-state index < -0.39 is 10.8 Å². The van der Waals surface area contributed by atoms with Gasteiger partial charge in [0, 0.05) is 22.9 Å². The monoisotopic (exact) mass is 494 g/mol. The number of fused-ring (bicyclic) bond motifs is 1. The summed E-state index contributed by atoms with van der Waals surface area (Å²) in [4.78, 5) is 27.8. The minimum Gasteiger partial charge on any atom is -0.436 e. The van der Waals surface area contributed by atoms with Gasteiger partial charge in [-0.25, -0.2) is 4.98 Å². The Morgan fingerprint density at radius 3 is 2.65 bits per heavy atom. The minimum absolute atomic E-state index is 0.0215. The van der Waals surface area contributed by atoms with Gasteiger partial charge in [-0.3, -0.25) is 20.2 Å². The largest absolute Gasteiger partial charge is 0.436 e. The van der Waals surface area contributed by atoms with E-state index in [2.05, 4.69) is 15.6 Å². The lowest BCUT2D eigenvalue weighted by Gasteiger charge is -2.12. The summed E-state index contributed by atoms with van der Waals surface area (Å²) in [6.07, 6.45) is 0. The maximum absolute atomic E-state index is 12.6. The normalized spacial score (nSPS) is 10.8. The smallest absolute Gasteiger partial charge is 0.273 e. The summed E-state index contributed by atoms with van der Waals surface area (Å²) >= 11 is 11.7. The Morgan fingerprint density at radius 2 is 1.91 bits per heavy atom. The van der Waals surface area contributed by atoms with Crippen molar-refractivity contribution in [1.29, 1.82) is 0 Å². The van der Waals surface area contributed by atoms with Crippen LogP contribution in [0.15, 0.2) is 52.9 Å². The Bertz CT molecular complexity index is 1480. The first-order valence-corrected chi connectivity index (χ1v) is 11.0. The van der Waals surface area contributed by atoms with E-state index in [0.717, 1.165) is 16.6 Å². The molecule has 4 rings (SSSR count). The number of carbonyl (C=O) groups excluding carboxylic acids is 1. The number of rotatable bonds is 4. The first-order chi connectivity index (χ1) is 16.1. The zero-order valence-electron chi connectivity index (χ0n) is 18.4. The first-order valence-electron chi connectivity index (χ1n) is 10.2. The summed E-state index contributed by atoms with van der Waals surface area (Å²) < 4.78 is 5.97. The number of benzene rings is 3. The van der Waals surface area contributed by atoms with Crippen molar-refractivity contribution in [2.75, 3.05) is 5.32 Å². The Hall–Kier alpha value is -3.82. The highest BCUT2D eigenvalue weighted by molar-refractivity contribution is 7.80. The van der Waals surface area contributed by atoms with Gasteiger partial charge in [-0.05, 0) is 74.4 Å². The van der Waals surface area contributed by atoms with Crippen LogP contribution in [0.3, 0.4) is 0 Å². The Kier molecular flexibility index (Phi) is 6.32. The molecule has 0 aliphatic rings. The quantitative estimate of drug-likeness (QED) is 0.200. The van der Waals surface area contributed by atoms with Crippen LogP contribution in [0, 0.1) is 30.9 Å². The van der Waals surface area contributed by atoms with Gasteiger partial charge in [-0.1, -0.05) is 23.7 Å². The second-order valence-electron chi connectivity index (χ2n) is 7.76. The molecule has 0 aliphatic carbocycles.